The van der Waals surface area contributed by atoms with E-state index >= 15 is 0 Å². The monoisotopic (exact) mass is 316 g/mol. The summed E-state index contributed by atoms with van der Waals surface area (Å²) in [7, 11) is -1.74. The SMILES string of the molecule is CNc1nccc(C(=O)N2CCN(S(C)(=O)=O)CC2)c1F. The molecule has 1 fully saturated rings. The molecule has 0 aromatic carbocycles. The van der Waals surface area contributed by atoms with Gasteiger partial charge in [0.25, 0.3) is 5.91 Å². The minimum atomic E-state index is -3.26. The number of anilines is 1. The van der Waals surface area contributed by atoms with Crippen LogP contribution < -0.4 is 5.32 Å². The van der Waals surface area contributed by atoms with Gasteiger partial charge in [-0.1, -0.05) is 0 Å². The van der Waals surface area contributed by atoms with Crippen LogP contribution in [-0.2, 0) is 10.0 Å². The van der Waals surface area contributed by atoms with E-state index in [1.807, 2.05) is 0 Å². The topological polar surface area (TPSA) is 82.6 Å². The Morgan fingerprint density at radius 1 is 1.33 bits per heavy atom. The number of nitrogens with one attached hydrogen (secondary N) is 1. The van der Waals surface area contributed by atoms with Crippen molar-refractivity contribution in [2.24, 2.45) is 0 Å². The number of rotatable bonds is 3. The molecular weight excluding hydrogens is 299 g/mol. The molecule has 0 unspecified atom stereocenters. The number of pyridine rings is 1. The van der Waals surface area contributed by atoms with Crippen molar-refractivity contribution in [3.63, 3.8) is 0 Å². The summed E-state index contributed by atoms with van der Waals surface area (Å²) in [4.78, 5) is 17.5. The van der Waals surface area contributed by atoms with Crippen LogP contribution in [-0.4, -0.2) is 68.0 Å². The quantitative estimate of drug-likeness (QED) is 0.847. The number of aromatic nitrogens is 1. The van der Waals surface area contributed by atoms with Gasteiger partial charge in [-0.25, -0.2) is 17.8 Å². The van der Waals surface area contributed by atoms with Gasteiger partial charge in [0, 0.05) is 39.4 Å². The van der Waals surface area contributed by atoms with Crippen LogP contribution in [0.25, 0.3) is 0 Å². The standard InChI is InChI=1S/C12H17FN4O3S/c1-14-11-10(13)9(3-4-15-11)12(18)16-5-7-17(8-6-16)21(2,19)20/h3-4H,5-8H2,1-2H3,(H,14,15). The van der Waals surface area contributed by atoms with Crippen LogP contribution in [0.15, 0.2) is 12.3 Å². The first-order chi connectivity index (χ1) is 9.84. The van der Waals surface area contributed by atoms with Gasteiger partial charge >= 0.3 is 0 Å². The van der Waals surface area contributed by atoms with Crippen LogP contribution in [0.3, 0.4) is 0 Å². The fraction of sp³-hybridized carbons (Fsp3) is 0.500. The van der Waals surface area contributed by atoms with Gasteiger partial charge in [0.1, 0.15) is 0 Å². The zero-order valence-corrected chi connectivity index (χ0v) is 12.7. The highest BCUT2D eigenvalue weighted by molar-refractivity contribution is 7.88. The van der Waals surface area contributed by atoms with Crippen LogP contribution in [0.1, 0.15) is 10.4 Å². The lowest BCUT2D eigenvalue weighted by molar-refractivity contribution is 0.0693. The van der Waals surface area contributed by atoms with Gasteiger partial charge in [-0.3, -0.25) is 4.79 Å². The summed E-state index contributed by atoms with van der Waals surface area (Å²) in [5.74, 6) is -1.15. The van der Waals surface area contributed by atoms with Crippen LogP contribution in [0, 0.1) is 5.82 Å². The number of nitrogens with zero attached hydrogens (tertiary/aromatic N) is 3. The van der Waals surface area contributed by atoms with Crippen molar-refractivity contribution in [1.29, 1.82) is 0 Å². The van der Waals surface area contributed by atoms with E-state index in [1.54, 1.807) is 0 Å². The smallest absolute Gasteiger partial charge is 0.257 e. The van der Waals surface area contributed by atoms with E-state index in [0.717, 1.165) is 6.26 Å². The minimum absolute atomic E-state index is 0.00984. The van der Waals surface area contributed by atoms with Crippen molar-refractivity contribution in [2.45, 2.75) is 0 Å². The second-order valence-electron chi connectivity index (χ2n) is 4.73. The normalized spacial score (nSPS) is 16.8. The fourth-order valence-corrected chi connectivity index (χ4v) is 3.00. The molecule has 0 aliphatic carbocycles. The Kier molecular flexibility index (Phi) is 4.43. The molecule has 9 heteroatoms. The van der Waals surface area contributed by atoms with E-state index in [-0.39, 0.29) is 37.6 Å². The van der Waals surface area contributed by atoms with E-state index in [1.165, 1.54) is 28.5 Å². The molecule has 0 radical (unpaired) electrons. The molecule has 1 aliphatic heterocycles. The van der Waals surface area contributed by atoms with Gasteiger partial charge < -0.3 is 10.2 Å². The Morgan fingerprint density at radius 2 is 1.95 bits per heavy atom. The lowest BCUT2D eigenvalue weighted by Gasteiger charge is -2.33. The molecule has 21 heavy (non-hydrogen) atoms. The van der Waals surface area contributed by atoms with Crippen molar-refractivity contribution in [3.8, 4) is 0 Å². The van der Waals surface area contributed by atoms with Gasteiger partial charge in [-0.2, -0.15) is 4.31 Å². The number of halogens is 1. The predicted octanol–water partition coefficient (Wildman–Crippen LogP) is -0.0202. The first-order valence-corrected chi connectivity index (χ1v) is 8.26. The molecule has 7 nitrogen and oxygen atoms in total. The van der Waals surface area contributed by atoms with E-state index < -0.39 is 21.7 Å². The number of carbonyl (C=O) groups is 1. The number of hydrogen-bond acceptors (Lipinski definition) is 5. The van der Waals surface area contributed by atoms with Crippen molar-refractivity contribution in [1.82, 2.24) is 14.2 Å². The van der Waals surface area contributed by atoms with Crippen molar-refractivity contribution in [2.75, 3.05) is 44.8 Å². The molecule has 116 valence electrons. The lowest BCUT2D eigenvalue weighted by atomic mass is 10.2. The summed E-state index contributed by atoms with van der Waals surface area (Å²) in [6.45, 7) is 0.914. The van der Waals surface area contributed by atoms with E-state index in [2.05, 4.69) is 10.3 Å². The summed E-state index contributed by atoms with van der Waals surface area (Å²) < 4.78 is 38.2. The van der Waals surface area contributed by atoms with E-state index in [4.69, 9.17) is 0 Å². The molecule has 2 rings (SSSR count). The van der Waals surface area contributed by atoms with Crippen LogP contribution in [0.5, 0.6) is 0 Å². The zero-order chi connectivity index (χ0) is 15.6. The van der Waals surface area contributed by atoms with Crippen LogP contribution in [0.2, 0.25) is 0 Å². The Balaban J connectivity index is 2.13. The largest absolute Gasteiger partial charge is 0.371 e. The Morgan fingerprint density at radius 3 is 2.48 bits per heavy atom. The first kappa shape index (κ1) is 15.6. The number of sulfonamides is 1. The van der Waals surface area contributed by atoms with Crippen molar-refractivity contribution >= 4 is 21.7 Å². The molecule has 1 aromatic rings. The molecule has 1 saturated heterocycles. The summed E-state index contributed by atoms with van der Waals surface area (Å²) in [5, 5.41) is 2.58. The highest BCUT2D eigenvalue weighted by Gasteiger charge is 2.28. The Hall–Kier alpha value is -1.74. The molecular formula is C12H17FN4O3S. The number of carbonyl (C=O) groups excluding carboxylic acids is 1. The predicted molar refractivity (Wildman–Crippen MR) is 76.1 cm³/mol. The third-order valence-corrected chi connectivity index (χ3v) is 4.65. The summed E-state index contributed by atoms with van der Waals surface area (Å²) >= 11 is 0. The van der Waals surface area contributed by atoms with Gasteiger partial charge in [-0.15, -0.1) is 0 Å². The zero-order valence-electron chi connectivity index (χ0n) is 11.8. The molecule has 0 bridgehead atoms. The van der Waals surface area contributed by atoms with Gasteiger partial charge in [0.2, 0.25) is 10.0 Å². The maximum atomic E-state index is 14.1. The highest BCUT2D eigenvalue weighted by Crippen LogP contribution is 2.17. The van der Waals surface area contributed by atoms with Crippen molar-refractivity contribution < 1.29 is 17.6 Å². The second-order valence-corrected chi connectivity index (χ2v) is 6.71. The summed E-state index contributed by atoms with van der Waals surface area (Å²) in [5.41, 5.74) is -0.0674. The number of piperazine rings is 1. The Labute approximate surface area is 122 Å². The van der Waals surface area contributed by atoms with Crippen LogP contribution in [0.4, 0.5) is 10.2 Å². The Bertz CT molecular complexity index is 642. The van der Waals surface area contributed by atoms with Gasteiger partial charge in [0.15, 0.2) is 11.6 Å². The van der Waals surface area contributed by atoms with Gasteiger partial charge in [0.05, 0.1) is 11.8 Å². The molecule has 1 aromatic heterocycles. The van der Waals surface area contributed by atoms with E-state index in [9.17, 15) is 17.6 Å². The molecule has 1 aliphatic rings. The highest BCUT2D eigenvalue weighted by atomic mass is 32.2. The molecule has 0 atom stereocenters. The van der Waals surface area contributed by atoms with E-state index in [0.29, 0.717) is 0 Å². The molecule has 0 spiro atoms. The van der Waals surface area contributed by atoms with Crippen molar-refractivity contribution in [3.05, 3.63) is 23.6 Å². The number of hydrogen-bond donors (Lipinski definition) is 1. The summed E-state index contributed by atoms with van der Waals surface area (Å²) in [6.07, 6.45) is 2.49. The molecule has 1 N–H and O–H groups in total. The molecule has 2 heterocycles. The fourth-order valence-electron chi connectivity index (χ4n) is 2.18. The third-order valence-electron chi connectivity index (χ3n) is 3.35. The maximum Gasteiger partial charge on any atom is 0.257 e. The van der Waals surface area contributed by atoms with Gasteiger partial charge in [-0.05, 0) is 6.07 Å². The minimum Gasteiger partial charge on any atom is -0.371 e. The third kappa shape index (κ3) is 3.30. The average Bonchev–Trinajstić information content (AvgIpc) is 2.46. The second kappa shape index (κ2) is 5.94. The lowest BCUT2D eigenvalue weighted by Crippen LogP contribution is -2.50. The van der Waals surface area contributed by atoms with Crippen LogP contribution >= 0.6 is 0 Å². The maximum absolute atomic E-state index is 14.1. The summed E-state index contributed by atoms with van der Waals surface area (Å²) in [6, 6.07) is 1.32. The molecule has 1 amide bonds. The number of amides is 1. The molecule has 0 saturated carbocycles. The first-order valence-electron chi connectivity index (χ1n) is 6.41. The average molecular weight is 316 g/mol.